The highest BCUT2D eigenvalue weighted by Crippen LogP contribution is 2.32. The Hall–Kier alpha value is -2.69. The first kappa shape index (κ1) is 25.4. The molecule has 190 valence electrons. The highest BCUT2D eigenvalue weighted by Gasteiger charge is 2.30. The Kier molecular flexibility index (Phi) is 7.35. The van der Waals surface area contributed by atoms with Crippen LogP contribution in [0.15, 0.2) is 34.1 Å². The van der Waals surface area contributed by atoms with Crippen molar-refractivity contribution in [1.29, 1.82) is 0 Å². The van der Waals surface area contributed by atoms with E-state index in [1.54, 1.807) is 22.8 Å². The summed E-state index contributed by atoms with van der Waals surface area (Å²) in [6.07, 6.45) is 3.65. The summed E-state index contributed by atoms with van der Waals surface area (Å²) in [6.45, 7) is 10.8. The summed E-state index contributed by atoms with van der Waals surface area (Å²) < 4.78 is 36.1. The molecule has 10 heteroatoms. The van der Waals surface area contributed by atoms with E-state index in [1.807, 2.05) is 20.2 Å². The molecule has 3 aromatic rings. The number of ether oxygens (including phenoxy) is 1. The third kappa shape index (κ3) is 4.87. The van der Waals surface area contributed by atoms with Crippen LogP contribution in [0.4, 0.5) is 0 Å². The number of nitrogens with zero attached hydrogens (tertiary/aromatic N) is 4. The standard InChI is InChI=1S/C25H35N5O4S/c1-6-8-18-16-28(5)23-22(18)26-24(27-25(23)31)20-15-19(9-10-21(20)34-7-2)35(32,33)30-13-11-29(12-14-30)17(3)4/h9-10,15-17H,6-8,11-14H2,1-5H3,(H,26,27,31). The number of rotatable bonds is 8. The lowest BCUT2D eigenvalue weighted by molar-refractivity contribution is 0.154. The van der Waals surface area contributed by atoms with Gasteiger partial charge in [0.25, 0.3) is 5.56 Å². The number of fused-ring (bicyclic) bond motifs is 1. The minimum Gasteiger partial charge on any atom is -0.493 e. The number of benzene rings is 1. The molecular weight excluding hydrogens is 466 g/mol. The van der Waals surface area contributed by atoms with Gasteiger partial charge in [-0.25, -0.2) is 13.4 Å². The van der Waals surface area contributed by atoms with E-state index >= 15 is 0 Å². The highest BCUT2D eigenvalue weighted by atomic mass is 32.2. The SMILES string of the molecule is CCCc1cn(C)c2c(=O)[nH]c(-c3cc(S(=O)(=O)N4CCN(C(C)C)CC4)ccc3OCC)nc12. The molecule has 0 radical (unpaired) electrons. The second-order valence-corrected chi connectivity index (χ2v) is 11.2. The zero-order valence-electron chi connectivity index (χ0n) is 21.2. The zero-order valence-corrected chi connectivity index (χ0v) is 22.0. The molecule has 0 saturated carbocycles. The molecule has 3 heterocycles. The van der Waals surface area contributed by atoms with Crippen LogP contribution in [0.5, 0.6) is 5.75 Å². The Labute approximate surface area is 206 Å². The fourth-order valence-corrected chi connectivity index (χ4v) is 6.15. The lowest BCUT2D eigenvalue weighted by atomic mass is 10.1. The molecule has 2 aromatic heterocycles. The van der Waals surface area contributed by atoms with E-state index in [2.05, 4.69) is 30.7 Å². The number of aromatic amines is 1. The van der Waals surface area contributed by atoms with Gasteiger partial charge in [0.15, 0.2) is 0 Å². The van der Waals surface area contributed by atoms with Gasteiger partial charge >= 0.3 is 0 Å². The van der Waals surface area contributed by atoms with Crippen LogP contribution in [0, 0.1) is 0 Å². The van der Waals surface area contributed by atoms with Gasteiger partial charge in [0, 0.05) is 45.5 Å². The van der Waals surface area contributed by atoms with Gasteiger partial charge in [0.1, 0.15) is 17.1 Å². The maximum Gasteiger partial charge on any atom is 0.275 e. The van der Waals surface area contributed by atoms with Gasteiger partial charge < -0.3 is 14.3 Å². The van der Waals surface area contributed by atoms with Crippen molar-refractivity contribution in [2.45, 2.75) is 51.5 Å². The van der Waals surface area contributed by atoms with Crippen molar-refractivity contribution in [1.82, 2.24) is 23.7 Å². The molecule has 0 bridgehead atoms. The van der Waals surface area contributed by atoms with Gasteiger partial charge in [-0.1, -0.05) is 13.3 Å². The number of hydrogen-bond donors (Lipinski definition) is 1. The molecule has 9 nitrogen and oxygen atoms in total. The number of hydrogen-bond acceptors (Lipinski definition) is 6. The minimum absolute atomic E-state index is 0.165. The van der Waals surface area contributed by atoms with Crippen molar-refractivity contribution in [3.63, 3.8) is 0 Å². The topological polar surface area (TPSA) is 101 Å². The molecule has 0 spiro atoms. The molecule has 1 aromatic carbocycles. The molecule has 0 amide bonds. The van der Waals surface area contributed by atoms with Crippen LogP contribution < -0.4 is 10.3 Å². The van der Waals surface area contributed by atoms with E-state index < -0.39 is 10.0 Å². The third-order valence-corrected chi connectivity index (χ3v) is 8.46. The number of aryl methyl sites for hydroxylation is 2. The zero-order chi connectivity index (χ0) is 25.3. The molecule has 0 aliphatic carbocycles. The van der Waals surface area contributed by atoms with E-state index in [1.165, 1.54) is 4.31 Å². The second-order valence-electron chi connectivity index (χ2n) is 9.25. The second kappa shape index (κ2) is 10.1. The van der Waals surface area contributed by atoms with Crippen molar-refractivity contribution < 1.29 is 13.2 Å². The van der Waals surface area contributed by atoms with Gasteiger partial charge in [-0.15, -0.1) is 0 Å². The molecule has 1 saturated heterocycles. The molecule has 0 atom stereocenters. The van der Waals surface area contributed by atoms with Crippen molar-refractivity contribution in [3.05, 3.63) is 40.3 Å². The van der Waals surface area contributed by atoms with Crippen molar-refractivity contribution in [3.8, 4) is 17.1 Å². The van der Waals surface area contributed by atoms with E-state index in [4.69, 9.17) is 9.72 Å². The predicted molar refractivity (Wildman–Crippen MR) is 137 cm³/mol. The van der Waals surface area contributed by atoms with Crippen LogP contribution in [0.2, 0.25) is 0 Å². The maximum atomic E-state index is 13.5. The monoisotopic (exact) mass is 501 g/mol. The van der Waals surface area contributed by atoms with Crippen LogP contribution in [0.1, 0.15) is 39.7 Å². The van der Waals surface area contributed by atoms with Crippen molar-refractivity contribution in [2.24, 2.45) is 7.05 Å². The van der Waals surface area contributed by atoms with E-state index in [-0.39, 0.29) is 10.5 Å². The first-order chi connectivity index (χ1) is 16.7. The molecule has 4 rings (SSSR count). The third-order valence-electron chi connectivity index (χ3n) is 6.57. The van der Waals surface area contributed by atoms with Crippen LogP contribution in [-0.4, -0.2) is 71.0 Å². The Balaban J connectivity index is 1.79. The number of piperazine rings is 1. The molecule has 1 aliphatic rings. The van der Waals surface area contributed by atoms with Crippen LogP contribution in [0.25, 0.3) is 22.4 Å². The van der Waals surface area contributed by atoms with Crippen molar-refractivity contribution >= 4 is 21.1 Å². The van der Waals surface area contributed by atoms with Gasteiger partial charge in [0.2, 0.25) is 10.0 Å². The summed E-state index contributed by atoms with van der Waals surface area (Å²) in [4.78, 5) is 23.1. The molecule has 35 heavy (non-hydrogen) atoms. The summed E-state index contributed by atoms with van der Waals surface area (Å²) in [6, 6.07) is 5.17. The van der Waals surface area contributed by atoms with Gasteiger partial charge in [-0.2, -0.15) is 4.31 Å². The van der Waals surface area contributed by atoms with Crippen LogP contribution in [-0.2, 0) is 23.5 Å². The largest absolute Gasteiger partial charge is 0.493 e. The first-order valence-corrected chi connectivity index (χ1v) is 13.7. The van der Waals surface area contributed by atoms with Crippen molar-refractivity contribution in [2.75, 3.05) is 32.8 Å². The Morgan fingerprint density at radius 3 is 2.49 bits per heavy atom. The van der Waals surface area contributed by atoms with Gasteiger partial charge in [-0.05, 0) is 51.0 Å². The molecular formula is C25H35N5O4S. The average Bonchev–Trinajstić information content (AvgIpc) is 3.15. The van der Waals surface area contributed by atoms with E-state index in [0.717, 1.165) is 18.4 Å². The van der Waals surface area contributed by atoms with Crippen LogP contribution >= 0.6 is 0 Å². The summed E-state index contributed by atoms with van der Waals surface area (Å²) in [5.74, 6) is 0.780. The number of aromatic nitrogens is 3. The lowest BCUT2D eigenvalue weighted by Gasteiger charge is -2.36. The summed E-state index contributed by atoms with van der Waals surface area (Å²) in [7, 11) is -1.88. The smallest absolute Gasteiger partial charge is 0.275 e. The molecule has 1 aliphatic heterocycles. The van der Waals surface area contributed by atoms with Gasteiger partial charge in [-0.3, -0.25) is 9.69 Å². The summed E-state index contributed by atoms with van der Waals surface area (Å²) >= 11 is 0. The predicted octanol–water partition coefficient (Wildman–Crippen LogP) is 2.99. The minimum atomic E-state index is -3.71. The quantitative estimate of drug-likeness (QED) is 0.509. The summed E-state index contributed by atoms with van der Waals surface area (Å²) in [5.41, 5.74) is 2.31. The maximum absolute atomic E-state index is 13.5. The number of sulfonamides is 1. The fraction of sp³-hybridized carbons (Fsp3) is 0.520. The molecule has 0 unspecified atom stereocenters. The fourth-order valence-electron chi connectivity index (χ4n) is 4.70. The summed E-state index contributed by atoms with van der Waals surface area (Å²) in [5, 5.41) is 0. The highest BCUT2D eigenvalue weighted by molar-refractivity contribution is 7.89. The van der Waals surface area contributed by atoms with Crippen LogP contribution in [0.3, 0.4) is 0 Å². The molecule has 1 N–H and O–H groups in total. The van der Waals surface area contributed by atoms with Gasteiger partial charge in [0.05, 0.1) is 22.6 Å². The average molecular weight is 502 g/mol. The Morgan fingerprint density at radius 2 is 1.86 bits per heavy atom. The van der Waals surface area contributed by atoms with E-state index in [0.29, 0.717) is 67.0 Å². The number of nitrogens with one attached hydrogen (secondary N) is 1. The normalized spacial score (nSPS) is 15.8. The molecule has 1 fully saturated rings. The van der Waals surface area contributed by atoms with E-state index in [9.17, 15) is 13.2 Å². The Morgan fingerprint density at radius 1 is 1.14 bits per heavy atom. The Bertz CT molecular complexity index is 1370. The first-order valence-electron chi connectivity index (χ1n) is 12.3. The lowest BCUT2D eigenvalue weighted by Crippen LogP contribution is -2.50. The number of H-pyrrole nitrogens is 1.